The van der Waals surface area contributed by atoms with Crippen LogP contribution in [0.1, 0.15) is 44.1 Å². The second-order valence-electron chi connectivity index (χ2n) is 8.18. The van der Waals surface area contributed by atoms with Crippen molar-refractivity contribution in [3.05, 3.63) is 47.6 Å². The van der Waals surface area contributed by atoms with Crippen molar-refractivity contribution in [3.63, 3.8) is 0 Å². The quantitative estimate of drug-likeness (QED) is 0.309. The summed E-state index contributed by atoms with van der Waals surface area (Å²) < 4.78 is 22.8. The lowest BCUT2D eigenvalue weighted by Gasteiger charge is -2.42. The van der Waals surface area contributed by atoms with Gasteiger partial charge in [0.25, 0.3) is 0 Å². The number of carbonyl (C=O) groups is 1. The fraction of sp³-hybridized carbons (Fsp3) is 0.542. The van der Waals surface area contributed by atoms with E-state index < -0.39 is 0 Å². The molecule has 1 saturated heterocycles. The van der Waals surface area contributed by atoms with Crippen LogP contribution in [0, 0.1) is 5.92 Å². The summed E-state index contributed by atoms with van der Waals surface area (Å²) in [7, 11) is 3.35. The summed E-state index contributed by atoms with van der Waals surface area (Å²) in [6, 6.07) is 7.54. The van der Waals surface area contributed by atoms with Crippen LogP contribution in [0.2, 0.25) is 0 Å². The summed E-state index contributed by atoms with van der Waals surface area (Å²) in [5, 5.41) is 0. The monoisotopic (exact) mass is 398 g/mol. The van der Waals surface area contributed by atoms with E-state index in [2.05, 4.69) is 6.08 Å². The van der Waals surface area contributed by atoms with Gasteiger partial charge in [0, 0.05) is 19.1 Å². The normalized spacial score (nSPS) is 31.5. The van der Waals surface area contributed by atoms with Gasteiger partial charge < -0.3 is 18.9 Å². The summed E-state index contributed by atoms with van der Waals surface area (Å²) in [5.74, 6) is 0.635. The molecule has 0 radical (unpaired) electrons. The van der Waals surface area contributed by atoms with E-state index >= 15 is 0 Å². The zero-order chi connectivity index (χ0) is 20.3. The Bertz CT molecular complexity index is 775. The molecule has 1 saturated carbocycles. The molecule has 1 spiro atoms. The Morgan fingerprint density at radius 1 is 1.21 bits per heavy atom. The minimum absolute atomic E-state index is 0.105. The highest BCUT2D eigenvalue weighted by Crippen LogP contribution is 2.52. The first-order chi connectivity index (χ1) is 14.1. The Kier molecular flexibility index (Phi) is 6.07. The number of benzene rings is 1. The SMILES string of the molecule is COc1ccc(/C=C/C(=O)OC2CCC3(CO3)C(C3=CCCCC3)C2OC)cc1. The standard InChI is InChI=1S/C24H30O5/c1-26-19-11-8-17(9-12-19)10-13-21(25)29-20-14-15-24(16-28-24)22(23(20)27-2)18-6-4-3-5-7-18/h6,8-13,20,22-23H,3-5,7,14-16H2,1-2H3/b13-10+. The van der Waals surface area contributed by atoms with Gasteiger partial charge in [0.05, 0.1) is 13.7 Å². The third kappa shape index (κ3) is 4.41. The van der Waals surface area contributed by atoms with Crippen molar-refractivity contribution >= 4 is 12.0 Å². The first-order valence-corrected chi connectivity index (χ1v) is 10.5. The average molecular weight is 398 g/mol. The zero-order valence-electron chi connectivity index (χ0n) is 17.3. The summed E-state index contributed by atoms with van der Waals surface area (Å²) >= 11 is 0. The molecular formula is C24H30O5. The summed E-state index contributed by atoms with van der Waals surface area (Å²) in [6.07, 6.45) is 11.5. The summed E-state index contributed by atoms with van der Waals surface area (Å²) in [5.41, 5.74) is 2.24. The molecule has 2 fully saturated rings. The first kappa shape index (κ1) is 20.2. The van der Waals surface area contributed by atoms with Gasteiger partial charge in [0.15, 0.2) is 0 Å². The molecule has 0 aromatic heterocycles. The molecule has 2 aliphatic carbocycles. The number of ether oxygens (including phenoxy) is 4. The van der Waals surface area contributed by atoms with E-state index in [4.69, 9.17) is 18.9 Å². The molecule has 3 aliphatic rings. The van der Waals surface area contributed by atoms with Crippen molar-refractivity contribution in [1.82, 2.24) is 0 Å². The Hall–Kier alpha value is -2.11. The van der Waals surface area contributed by atoms with Gasteiger partial charge in [0.2, 0.25) is 0 Å². The van der Waals surface area contributed by atoms with Crippen molar-refractivity contribution in [2.45, 2.75) is 56.3 Å². The van der Waals surface area contributed by atoms with Crippen LogP contribution in [-0.2, 0) is 19.0 Å². The molecule has 5 heteroatoms. The number of allylic oxidation sites excluding steroid dienone is 1. The molecule has 5 nitrogen and oxygen atoms in total. The van der Waals surface area contributed by atoms with Gasteiger partial charge in [-0.25, -0.2) is 4.79 Å². The second kappa shape index (κ2) is 8.72. The van der Waals surface area contributed by atoms with Crippen molar-refractivity contribution in [3.8, 4) is 5.75 Å². The Morgan fingerprint density at radius 2 is 2.00 bits per heavy atom. The maximum atomic E-state index is 12.5. The van der Waals surface area contributed by atoms with Gasteiger partial charge in [-0.3, -0.25) is 0 Å². The molecule has 0 N–H and O–H groups in total. The summed E-state index contributed by atoms with van der Waals surface area (Å²) in [6.45, 7) is 0.785. The third-order valence-corrected chi connectivity index (χ3v) is 6.42. The van der Waals surface area contributed by atoms with Crippen LogP contribution in [0.3, 0.4) is 0 Å². The van der Waals surface area contributed by atoms with Crippen LogP contribution < -0.4 is 4.74 Å². The van der Waals surface area contributed by atoms with Crippen LogP contribution in [0.4, 0.5) is 0 Å². The lowest BCUT2D eigenvalue weighted by atomic mass is 9.69. The van der Waals surface area contributed by atoms with E-state index in [1.54, 1.807) is 20.3 Å². The highest BCUT2D eigenvalue weighted by molar-refractivity contribution is 5.87. The number of epoxide rings is 1. The third-order valence-electron chi connectivity index (χ3n) is 6.42. The number of hydrogen-bond acceptors (Lipinski definition) is 5. The van der Waals surface area contributed by atoms with Crippen molar-refractivity contribution in [2.24, 2.45) is 5.92 Å². The number of carbonyl (C=O) groups excluding carboxylic acids is 1. The average Bonchev–Trinajstić information content (AvgIpc) is 3.54. The van der Waals surface area contributed by atoms with E-state index in [0.717, 1.165) is 43.6 Å². The fourth-order valence-corrected chi connectivity index (χ4v) is 4.81. The van der Waals surface area contributed by atoms with Crippen LogP contribution in [-0.4, -0.2) is 44.6 Å². The Morgan fingerprint density at radius 3 is 2.62 bits per heavy atom. The first-order valence-electron chi connectivity index (χ1n) is 10.5. The van der Waals surface area contributed by atoms with E-state index in [1.807, 2.05) is 24.3 Å². The maximum absolute atomic E-state index is 12.5. The molecular weight excluding hydrogens is 368 g/mol. The van der Waals surface area contributed by atoms with Gasteiger partial charge in [-0.1, -0.05) is 23.8 Å². The fourth-order valence-electron chi connectivity index (χ4n) is 4.81. The van der Waals surface area contributed by atoms with Crippen LogP contribution >= 0.6 is 0 Å². The Labute approximate surface area is 172 Å². The van der Waals surface area contributed by atoms with Gasteiger partial charge in [-0.05, 0) is 62.3 Å². The molecule has 29 heavy (non-hydrogen) atoms. The molecule has 1 aromatic rings. The largest absolute Gasteiger partial charge is 0.497 e. The molecule has 4 rings (SSSR count). The van der Waals surface area contributed by atoms with Crippen LogP contribution in [0.5, 0.6) is 5.75 Å². The maximum Gasteiger partial charge on any atom is 0.331 e. The molecule has 156 valence electrons. The molecule has 1 aromatic carbocycles. The topological polar surface area (TPSA) is 57.3 Å². The molecule has 4 atom stereocenters. The van der Waals surface area contributed by atoms with Crippen LogP contribution in [0.25, 0.3) is 6.08 Å². The van der Waals surface area contributed by atoms with Gasteiger partial charge in [-0.15, -0.1) is 0 Å². The predicted octanol–water partition coefficient (Wildman–Crippen LogP) is 4.31. The second-order valence-corrected chi connectivity index (χ2v) is 8.18. The highest BCUT2D eigenvalue weighted by Gasteiger charge is 2.60. The van der Waals surface area contributed by atoms with Crippen molar-refractivity contribution < 1.29 is 23.7 Å². The minimum atomic E-state index is -0.336. The van der Waals surface area contributed by atoms with Gasteiger partial charge in [0.1, 0.15) is 23.6 Å². The number of esters is 1. The molecule has 1 heterocycles. The molecule has 4 unspecified atom stereocenters. The summed E-state index contributed by atoms with van der Waals surface area (Å²) in [4.78, 5) is 12.5. The van der Waals surface area contributed by atoms with E-state index in [-0.39, 0.29) is 29.7 Å². The lowest BCUT2D eigenvalue weighted by Crippen LogP contribution is -2.50. The van der Waals surface area contributed by atoms with Gasteiger partial charge >= 0.3 is 5.97 Å². The van der Waals surface area contributed by atoms with Crippen molar-refractivity contribution in [1.29, 1.82) is 0 Å². The predicted molar refractivity (Wildman–Crippen MR) is 111 cm³/mol. The number of methoxy groups -OCH3 is 2. The van der Waals surface area contributed by atoms with E-state index in [1.165, 1.54) is 24.5 Å². The molecule has 0 bridgehead atoms. The molecule has 0 amide bonds. The zero-order valence-corrected chi connectivity index (χ0v) is 17.3. The highest BCUT2D eigenvalue weighted by atomic mass is 16.6. The lowest BCUT2D eigenvalue weighted by molar-refractivity contribution is -0.160. The number of hydrogen-bond donors (Lipinski definition) is 0. The van der Waals surface area contributed by atoms with E-state index in [9.17, 15) is 4.79 Å². The van der Waals surface area contributed by atoms with Crippen LogP contribution in [0.15, 0.2) is 42.0 Å². The number of rotatable bonds is 6. The minimum Gasteiger partial charge on any atom is -0.497 e. The van der Waals surface area contributed by atoms with Gasteiger partial charge in [-0.2, -0.15) is 0 Å². The Balaban J connectivity index is 1.43. The van der Waals surface area contributed by atoms with E-state index in [0.29, 0.717) is 0 Å². The van der Waals surface area contributed by atoms with Crippen molar-refractivity contribution in [2.75, 3.05) is 20.8 Å². The molecule has 1 aliphatic heterocycles. The smallest absolute Gasteiger partial charge is 0.331 e.